The summed E-state index contributed by atoms with van der Waals surface area (Å²) in [6, 6.07) is 2.16. The van der Waals surface area contributed by atoms with Crippen molar-refractivity contribution in [3.05, 3.63) is 18.0 Å². The van der Waals surface area contributed by atoms with E-state index in [0.717, 1.165) is 18.7 Å². The van der Waals surface area contributed by atoms with E-state index in [9.17, 15) is 0 Å². The second-order valence-corrected chi connectivity index (χ2v) is 6.80. The third-order valence-electron chi connectivity index (χ3n) is 3.41. The fourth-order valence-corrected chi connectivity index (χ4v) is 2.81. The molecular formula is C15H30N4O. The third-order valence-corrected chi connectivity index (χ3v) is 3.41. The molecule has 0 saturated carbocycles. The molecule has 1 aromatic rings. The second-order valence-electron chi connectivity index (χ2n) is 6.80. The van der Waals surface area contributed by atoms with Gasteiger partial charge < -0.3 is 4.74 Å². The maximum atomic E-state index is 5.75. The number of methoxy groups -OCH3 is 1. The summed E-state index contributed by atoms with van der Waals surface area (Å²) < 4.78 is 7.09. The summed E-state index contributed by atoms with van der Waals surface area (Å²) in [7, 11) is 1.70. The quantitative estimate of drug-likeness (QED) is 0.568. The van der Waals surface area contributed by atoms with Gasteiger partial charge in [0.2, 0.25) is 0 Å². The largest absolute Gasteiger partial charge is 0.383 e. The molecule has 0 radical (unpaired) electrons. The van der Waals surface area contributed by atoms with Crippen LogP contribution in [-0.4, -0.2) is 23.5 Å². The monoisotopic (exact) mass is 282 g/mol. The number of nitrogens with one attached hydrogen (secondary N) is 1. The molecule has 116 valence electrons. The maximum absolute atomic E-state index is 5.75. The molecule has 1 heterocycles. The van der Waals surface area contributed by atoms with Crippen LogP contribution in [-0.2, 0) is 11.3 Å². The number of hydrogen-bond acceptors (Lipinski definition) is 4. The first kappa shape index (κ1) is 17.1. The molecule has 5 nitrogen and oxygen atoms in total. The van der Waals surface area contributed by atoms with Crippen LogP contribution >= 0.6 is 0 Å². The molecule has 1 rings (SSSR count). The average Bonchev–Trinajstić information content (AvgIpc) is 2.79. The highest BCUT2D eigenvalue weighted by Crippen LogP contribution is 2.30. The van der Waals surface area contributed by atoms with Gasteiger partial charge in [-0.3, -0.25) is 16.0 Å². The van der Waals surface area contributed by atoms with Crippen LogP contribution in [0.3, 0.4) is 0 Å². The van der Waals surface area contributed by atoms with Crippen molar-refractivity contribution >= 4 is 0 Å². The standard InChI is InChI=1S/C15H30N4O/c1-12(11-15(2,3)4)10-13(18-16)14-6-7-17-19(14)8-9-20-5/h6-7,12-13,18H,8-11,16H2,1-5H3. The minimum atomic E-state index is 0.131. The molecule has 0 spiro atoms. The summed E-state index contributed by atoms with van der Waals surface area (Å²) in [5, 5.41) is 4.35. The van der Waals surface area contributed by atoms with Crippen LogP contribution in [0.25, 0.3) is 0 Å². The lowest BCUT2D eigenvalue weighted by Gasteiger charge is -2.26. The summed E-state index contributed by atoms with van der Waals surface area (Å²) in [6.45, 7) is 10.5. The number of nitrogens with two attached hydrogens (primary N) is 1. The van der Waals surface area contributed by atoms with Gasteiger partial charge in [0.05, 0.1) is 24.9 Å². The number of aromatic nitrogens is 2. The first-order chi connectivity index (χ1) is 9.37. The number of rotatable bonds is 8. The van der Waals surface area contributed by atoms with E-state index in [1.807, 2.05) is 16.9 Å². The molecule has 2 atom stereocenters. The Hall–Kier alpha value is -0.910. The second kappa shape index (κ2) is 7.76. The van der Waals surface area contributed by atoms with Gasteiger partial charge in [-0.1, -0.05) is 27.7 Å². The Morgan fingerprint density at radius 2 is 2.15 bits per heavy atom. The van der Waals surface area contributed by atoms with Crippen LogP contribution in [0.4, 0.5) is 0 Å². The molecule has 0 aliphatic carbocycles. The highest BCUT2D eigenvalue weighted by Gasteiger charge is 2.21. The van der Waals surface area contributed by atoms with Gasteiger partial charge in [-0.2, -0.15) is 5.10 Å². The van der Waals surface area contributed by atoms with Crippen molar-refractivity contribution in [1.82, 2.24) is 15.2 Å². The van der Waals surface area contributed by atoms with Gasteiger partial charge in [0, 0.05) is 13.3 Å². The maximum Gasteiger partial charge on any atom is 0.0659 e. The van der Waals surface area contributed by atoms with E-state index in [4.69, 9.17) is 10.6 Å². The predicted octanol–water partition coefficient (Wildman–Crippen LogP) is 2.50. The minimum Gasteiger partial charge on any atom is -0.383 e. The fraction of sp³-hybridized carbons (Fsp3) is 0.800. The van der Waals surface area contributed by atoms with Crippen molar-refractivity contribution in [1.29, 1.82) is 0 Å². The Balaban J connectivity index is 2.68. The van der Waals surface area contributed by atoms with Crippen molar-refractivity contribution < 1.29 is 4.74 Å². The van der Waals surface area contributed by atoms with Crippen LogP contribution in [0.2, 0.25) is 0 Å². The predicted molar refractivity (Wildman–Crippen MR) is 82.0 cm³/mol. The topological polar surface area (TPSA) is 65.1 Å². The van der Waals surface area contributed by atoms with Crippen LogP contribution < -0.4 is 11.3 Å². The van der Waals surface area contributed by atoms with Gasteiger partial charge in [-0.15, -0.1) is 0 Å². The first-order valence-electron chi connectivity index (χ1n) is 7.34. The van der Waals surface area contributed by atoms with Gasteiger partial charge in [-0.05, 0) is 30.2 Å². The summed E-state index contributed by atoms with van der Waals surface area (Å²) in [4.78, 5) is 0. The smallest absolute Gasteiger partial charge is 0.0659 e. The van der Waals surface area contributed by atoms with E-state index < -0.39 is 0 Å². The molecule has 1 aromatic heterocycles. The van der Waals surface area contributed by atoms with Crippen molar-refractivity contribution in [2.45, 2.75) is 53.1 Å². The number of nitrogens with zero attached hydrogens (tertiary/aromatic N) is 2. The molecule has 0 saturated heterocycles. The zero-order chi connectivity index (χ0) is 15.2. The molecule has 0 amide bonds. The molecular weight excluding hydrogens is 252 g/mol. The average molecular weight is 282 g/mol. The van der Waals surface area contributed by atoms with Gasteiger partial charge in [0.15, 0.2) is 0 Å². The molecule has 0 bridgehead atoms. The fourth-order valence-electron chi connectivity index (χ4n) is 2.81. The van der Waals surface area contributed by atoms with Crippen LogP contribution in [0.5, 0.6) is 0 Å². The Morgan fingerprint density at radius 3 is 2.70 bits per heavy atom. The number of hydrazine groups is 1. The molecule has 2 unspecified atom stereocenters. The third kappa shape index (κ3) is 5.61. The summed E-state index contributed by atoms with van der Waals surface area (Å²) in [5.74, 6) is 6.35. The highest BCUT2D eigenvalue weighted by atomic mass is 16.5. The zero-order valence-electron chi connectivity index (χ0n) is 13.5. The van der Waals surface area contributed by atoms with Crippen LogP contribution in [0.1, 0.15) is 52.3 Å². The molecule has 0 aliphatic rings. The SMILES string of the molecule is COCCn1nccc1C(CC(C)CC(C)(C)C)NN. The Morgan fingerprint density at radius 1 is 1.45 bits per heavy atom. The van der Waals surface area contributed by atoms with E-state index >= 15 is 0 Å². The van der Waals surface area contributed by atoms with Crippen molar-refractivity contribution in [3.8, 4) is 0 Å². The number of hydrogen-bond donors (Lipinski definition) is 2. The summed E-state index contributed by atoms with van der Waals surface area (Å²) in [5.41, 5.74) is 4.41. The summed E-state index contributed by atoms with van der Waals surface area (Å²) >= 11 is 0. The van der Waals surface area contributed by atoms with E-state index in [-0.39, 0.29) is 6.04 Å². The van der Waals surface area contributed by atoms with Crippen LogP contribution in [0, 0.1) is 11.3 Å². The van der Waals surface area contributed by atoms with Gasteiger partial charge in [-0.25, -0.2) is 0 Å². The van der Waals surface area contributed by atoms with Crippen LogP contribution in [0.15, 0.2) is 12.3 Å². The first-order valence-corrected chi connectivity index (χ1v) is 7.34. The van der Waals surface area contributed by atoms with E-state index in [1.165, 1.54) is 6.42 Å². The molecule has 0 aliphatic heterocycles. The highest BCUT2D eigenvalue weighted by molar-refractivity contribution is 5.07. The Bertz CT molecular complexity index is 383. The van der Waals surface area contributed by atoms with E-state index in [1.54, 1.807) is 7.11 Å². The summed E-state index contributed by atoms with van der Waals surface area (Å²) in [6.07, 6.45) is 4.01. The number of ether oxygens (including phenoxy) is 1. The molecule has 3 N–H and O–H groups in total. The lowest BCUT2D eigenvalue weighted by atomic mass is 9.82. The normalized spacial score (nSPS) is 15.3. The molecule has 0 aromatic carbocycles. The Labute approximate surface area is 122 Å². The van der Waals surface area contributed by atoms with Crippen molar-refractivity contribution in [3.63, 3.8) is 0 Å². The lowest BCUT2D eigenvalue weighted by Crippen LogP contribution is -2.32. The molecule has 0 fully saturated rings. The molecule has 5 heteroatoms. The van der Waals surface area contributed by atoms with Crippen molar-refractivity contribution in [2.24, 2.45) is 17.2 Å². The zero-order valence-corrected chi connectivity index (χ0v) is 13.5. The van der Waals surface area contributed by atoms with Gasteiger partial charge >= 0.3 is 0 Å². The minimum absolute atomic E-state index is 0.131. The van der Waals surface area contributed by atoms with Crippen molar-refractivity contribution in [2.75, 3.05) is 13.7 Å². The Kier molecular flexibility index (Phi) is 6.65. The lowest BCUT2D eigenvalue weighted by molar-refractivity contribution is 0.181. The van der Waals surface area contributed by atoms with E-state index in [0.29, 0.717) is 17.9 Å². The van der Waals surface area contributed by atoms with Gasteiger partial charge in [0.1, 0.15) is 0 Å². The van der Waals surface area contributed by atoms with E-state index in [2.05, 4.69) is 38.2 Å². The van der Waals surface area contributed by atoms with Gasteiger partial charge in [0.25, 0.3) is 0 Å². The molecule has 20 heavy (non-hydrogen) atoms.